The Kier molecular flexibility index (Phi) is 6.69. The average molecular weight is 453 g/mol. The van der Waals surface area contributed by atoms with Crippen molar-refractivity contribution in [2.75, 3.05) is 13.7 Å². The van der Waals surface area contributed by atoms with Gasteiger partial charge in [0, 0.05) is 24.4 Å². The summed E-state index contributed by atoms with van der Waals surface area (Å²) in [6.07, 6.45) is -0.831. The van der Waals surface area contributed by atoms with Crippen LogP contribution in [0.4, 0.5) is 0 Å². The van der Waals surface area contributed by atoms with Crippen LogP contribution < -0.4 is 14.2 Å². The topological polar surface area (TPSA) is 86.7 Å². The molecule has 8 nitrogen and oxygen atoms in total. The second kappa shape index (κ2) is 9.23. The van der Waals surface area contributed by atoms with Crippen molar-refractivity contribution in [3.05, 3.63) is 52.0 Å². The van der Waals surface area contributed by atoms with Crippen molar-refractivity contribution in [3.63, 3.8) is 0 Å². The second-order valence-electron chi connectivity index (χ2n) is 6.19. The van der Waals surface area contributed by atoms with Gasteiger partial charge in [0.2, 0.25) is 18.0 Å². The highest BCUT2D eigenvalue weighted by Gasteiger charge is 2.33. The fourth-order valence-electron chi connectivity index (χ4n) is 2.69. The van der Waals surface area contributed by atoms with Crippen LogP contribution in [0.2, 0.25) is 10.0 Å². The largest absolute Gasteiger partial charge is 0.493 e. The van der Waals surface area contributed by atoms with Crippen LogP contribution in [-0.4, -0.2) is 36.5 Å². The van der Waals surface area contributed by atoms with E-state index in [1.165, 1.54) is 26.0 Å². The van der Waals surface area contributed by atoms with Crippen LogP contribution in [0.25, 0.3) is 0 Å². The third-order valence-corrected chi connectivity index (χ3v) is 4.51. The average Bonchev–Trinajstić information content (AvgIpc) is 3.12. The summed E-state index contributed by atoms with van der Waals surface area (Å²) in [5.41, 5.74) is 0.571. The third-order valence-electron chi connectivity index (χ3n) is 3.98. The molecule has 0 aromatic heterocycles. The quantitative estimate of drug-likeness (QED) is 0.482. The summed E-state index contributed by atoms with van der Waals surface area (Å²) in [7, 11) is 1.44. The summed E-state index contributed by atoms with van der Waals surface area (Å²) in [5.74, 6) is 0.340. The Morgan fingerprint density at radius 1 is 1.10 bits per heavy atom. The molecule has 1 atom stereocenters. The number of halogens is 2. The lowest BCUT2D eigenvalue weighted by Crippen LogP contribution is -2.25. The summed E-state index contributed by atoms with van der Waals surface area (Å²) >= 11 is 12.0. The van der Waals surface area contributed by atoms with E-state index >= 15 is 0 Å². The summed E-state index contributed by atoms with van der Waals surface area (Å²) in [4.78, 5) is 23.3. The minimum absolute atomic E-state index is 0.0513. The first kappa shape index (κ1) is 21.7. The smallest absolute Gasteiger partial charge is 0.308 e. The molecule has 10 heteroatoms. The van der Waals surface area contributed by atoms with Gasteiger partial charge in [0.15, 0.2) is 18.1 Å². The monoisotopic (exact) mass is 452 g/mol. The van der Waals surface area contributed by atoms with Gasteiger partial charge in [0.1, 0.15) is 5.75 Å². The molecule has 1 amide bonds. The zero-order chi connectivity index (χ0) is 21.8. The predicted molar refractivity (Wildman–Crippen MR) is 110 cm³/mol. The minimum Gasteiger partial charge on any atom is -0.493 e. The van der Waals surface area contributed by atoms with Crippen LogP contribution in [0, 0.1) is 0 Å². The maximum absolute atomic E-state index is 12.1. The predicted octanol–water partition coefficient (Wildman–Crippen LogP) is 4.20. The highest BCUT2D eigenvalue weighted by Crippen LogP contribution is 2.35. The van der Waals surface area contributed by atoms with Crippen LogP contribution in [0.15, 0.2) is 41.5 Å². The molecule has 0 saturated heterocycles. The fraction of sp³-hybridized carbons (Fsp3) is 0.250. The Balaban J connectivity index is 1.78. The van der Waals surface area contributed by atoms with E-state index in [1.54, 1.807) is 36.4 Å². The number of methoxy groups -OCH3 is 1. The van der Waals surface area contributed by atoms with Crippen LogP contribution in [-0.2, 0) is 14.3 Å². The highest BCUT2D eigenvalue weighted by molar-refractivity contribution is 6.35. The van der Waals surface area contributed by atoms with Gasteiger partial charge in [-0.05, 0) is 36.4 Å². The summed E-state index contributed by atoms with van der Waals surface area (Å²) in [5, 5.41) is 6.20. The van der Waals surface area contributed by atoms with Gasteiger partial charge in [-0.2, -0.15) is 5.01 Å². The van der Waals surface area contributed by atoms with E-state index in [9.17, 15) is 9.59 Å². The second-order valence-corrected chi connectivity index (χ2v) is 7.04. The van der Waals surface area contributed by atoms with Crippen molar-refractivity contribution >= 4 is 41.0 Å². The first-order valence-electron chi connectivity index (χ1n) is 8.76. The molecule has 0 radical (unpaired) electrons. The Hall–Kier alpha value is -2.97. The molecule has 0 saturated carbocycles. The number of carbonyl (C=O) groups is 2. The van der Waals surface area contributed by atoms with E-state index in [1.807, 2.05) is 0 Å². The van der Waals surface area contributed by atoms with Crippen LogP contribution >= 0.6 is 23.2 Å². The molecule has 30 heavy (non-hydrogen) atoms. The van der Waals surface area contributed by atoms with Gasteiger partial charge in [-0.1, -0.05) is 23.2 Å². The summed E-state index contributed by atoms with van der Waals surface area (Å²) in [6.45, 7) is 2.60. The molecule has 0 aliphatic carbocycles. The molecule has 0 fully saturated rings. The zero-order valence-corrected chi connectivity index (χ0v) is 17.9. The number of esters is 1. The van der Waals surface area contributed by atoms with Gasteiger partial charge < -0.3 is 18.9 Å². The van der Waals surface area contributed by atoms with Crippen LogP contribution in [0.5, 0.6) is 17.2 Å². The van der Waals surface area contributed by atoms with Crippen molar-refractivity contribution in [2.45, 2.75) is 20.1 Å². The number of nitrogens with zero attached hydrogens (tertiary/aromatic N) is 2. The van der Waals surface area contributed by atoms with Crippen molar-refractivity contribution in [1.82, 2.24) is 5.01 Å². The van der Waals surface area contributed by atoms with E-state index in [-0.39, 0.29) is 24.2 Å². The summed E-state index contributed by atoms with van der Waals surface area (Å²) in [6, 6.07) is 9.63. The molecular formula is C20H18Cl2N2O6. The maximum Gasteiger partial charge on any atom is 0.308 e. The van der Waals surface area contributed by atoms with Crippen molar-refractivity contribution < 1.29 is 28.5 Å². The maximum atomic E-state index is 12.1. The third kappa shape index (κ3) is 4.95. The molecule has 1 heterocycles. The van der Waals surface area contributed by atoms with E-state index in [0.717, 1.165) is 0 Å². The number of hydrogen-bond donors (Lipinski definition) is 0. The van der Waals surface area contributed by atoms with Gasteiger partial charge in [-0.25, -0.2) is 0 Å². The highest BCUT2D eigenvalue weighted by atomic mass is 35.5. The van der Waals surface area contributed by atoms with Gasteiger partial charge in [-0.3, -0.25) is 9.59 Å². The lowest BCUT2D eigenvalue weighted by atomic mass is 10.1. The molecule has 1 aliphatic heterocycles. The molecule has 0 spiro atoms. The van der Waals surface area contributed by atoms with E-state index < -0.39 is 12.2 Å². The van der Waals surface area contributed by atoms with Crippen LogP contribution in [0.1, 0.15) is 25.6 Å². The molecule has 1 aliphatic rings. The molecule has 3 rings (SSSR count). The van der Waals surface area contributed by atoms with Gasteiger partial charge in [0.05, 0.1) is 12.1 Å². The fourth-order valence-corrected chi connectivity index (χ4v) is 3.15. The van der Waals surface area contributed by atoms with Crippen molar-refractivity contribution in [1.29, 1.82) is 0 Å². The van der Waals surface area contributed by atoms with E-state index in [4.69, 9.17) is 42.1 Å². The Morgan fingerprint density at radius 3 is 2.47 bits per heavy atom. The summed E-state index contributed by atoms with van der Waals surface area (Å²) < 4.78 is 21.8. The standard InChI is InChI=1S/C20H18Cl2N2O6/c1-11(25)24-20(13-4-6-17(29-12(2)26)18(8-13)27-3)30-19(23-24)10-28-16-7-5-14(21)9-15(16)22/h4-9,20H,10H2,1-3H3. The number of carbonyl (C=O) groups excluding carboxylic acids is 2. The lowest BCUT2D eigenvalue weighted by Gasteiger charge is -2.20. The Bertz CT molecular complexity index is 1010. The number of rotatable bonds is 6. The minimum atomic E-state index is -0.831. The zero-order valence-electron chi connectivity index (χ0n) is 16.3. The van der Waals surface area contributed by atoms with E-state index in [0.29, 0.717) is 27.1 Å². The SMILES string of the molecule is COc1cc(C2OC(COc3ccc(Cl)cc3Cl)=NN2C(C)=O)ccc1OC(C)=O. The first-order chi connectivity index (χ1) is 14.3. The molecule has 0 bridgehead atoms. The first-order valence-corrected chi connectivity index (χ1v) is 9.52. The van der Waals surface area contributed by atoms with Crippen LogP contribution in [0.3, 0.4) is 0 Å². The van der Waals surface area contributed by atoms with Gasteiger partial charge in [0.25, 0.3) is 0 Å². The molecular weight excluding hydrogens is 435 g/mol. The Morgan fingerprint density at radius 2 is 1.83 bits per heavy atom. The normalized spacial score (nSPS) is 15.3. The Labute approximate surface area is 182 Å². The van der Waals surface area contributed by atoms with Crippen molar-refractivity contribution in [2.24, 2.45) is 5.10 Å². The number of ether oxygens (including phenoxy) is 4. The number of benzene rings is 2. The molecule has 2 aromatic carbocycles. The van der Waals surface area contributed by atoms with Gasteiger partial charge in [-0.15, -0.1) is 5.10 Å². The van der Waals surface area contributed by atoms with Crippen molar-refractivity contribution in [3.8, 4) is 17.2 Å². The number of amides is 1. The van der Waals surface area contributed by atoms with Gasteiger partial charge >= 0.3 is 5.97 Å². The van der Waals surface area contributed by atoms with E-state index in [2.05, 4.69) is 5.10 Å². The molecule has 0 N–H and O–H groups in total. The number of hydrogen-bond acceptors (Lipinski definition) is 7. The molecule has 2 aromatic rings. The molecule has 158 valence electrons. The lowest BCUT2D eigenvalue weighted by molar-refractivity contribution is -0.135. The molecule has 1 unspecified atom stereocenters. The number of hydrazone groups is 1.